The maximum Gasteiger partial charge on any atom is 0.181 e. The van der Waals surface area contributed by atoms with Crippen LogP contribution in [-0.4, -0.2) is 6.10 Å². The Bertz CT molecular complexity index is 483. The van der Waals surface area contributed by atoms with Gasteiger partial charge in [-0.3, -0.25) is 0 Å². The first-order chi connectivity index (χ1) is 8.55. The lowest BCUT2D eigenvalue weighted by Crippen LogP contribution is -2.19. The fourth-order valence-electron chi connectivity index (χ4n) is 1.90. The van der Waals surface area contributed by atoms with E-state index in [2.05, 4.69) is 59.7 Å². The van der Waals surface area contributed by atoms with E-state index in [0.717, 1.165) is 11.3 Å². The molecular weight excluding hydrogens is 234 g/mol. The minimum Gasteiger partial charge on any atom is -0.476 e. The second-order valence-corrected chi connectivity index (χ2v) is 7.10. The van der Waals surface area contributed by atoms with E-state index in [1.807, 2.05) is 6.07 Å². The Morgan fingerprint density at radius 2 is 1.63 bits per heavy atom. The van der Waals surface area contributed by atoms with Gasteiger partial charge in [-0.05, 0) is 34.9 Å². The molecule has 0 fully saturated rings. The van der Waals surface area contributed by atoms with Gasteiger partial charge in [0.05, 0.1) is 0 Å². The number of benzene rings is 1. The number of hydrogen-bond acceptors (Lipinski definition) is 2. The van der Waals surface area contributed by atoms with Gasteiger partial charge in [0.15, 0.2) is 6.10 Å². The Hall–Kier alpha value is -1.49. The molecule has 1 atom stereocenters. The molecule has 0 amide bonds. The Kier molecular flexibility index (Phi) is 4.30. The van der Waals surface area contributed by atoms with E-state index in [1.165, 1.54) is 5.56 Å². The van der Waals surface area contributed by atoms with Crippen LogP contribution in [0.2, 0.25) is 0 Å². The first-order valence-electron chi connectivity index (χ1n) is 6.77. The Morgan fingerprint density at radius 3 is 2.05 bits per heavy atom. The third-order valence-corrected chi connectivity index (χ3v) is 3.14. The molecule has 0 aromatic heterocycles. The normalized spacial score (nSPS) is 13.8. The van der Waals surface area contributed by atoms with Gasteiger partial charge in [0.25, 0.3) is 0 Å². The van der Waals surface area contributed by atoms with Gasteiger partial charge in [0.1, 0.15) is 11.8 Å². The highest BCUT2D eigenvalue weighted by Gasteiger charge is 2.23. The summed E-state index contributed by atoms with van der Waals surface area (Å²) in [5.41, 5.74) is 2.54. The van der Waals surface area contributed by atoms with Gasteiger partial charge in [-0.2, -0.15) is 5.26 Å². The fourth-order valence-corrected chi connectivity index (χ4v) is 1.90. The van der Waals surface area contributed by atoms with E-state index in [0.29, 0.717) is 0 Å². The van der Waals surface area contributed by atoms with Crippen molar-refractivity contribution in [2.75, 3.05) is 0 Å². The fraction of sp³-hybridized carbons (Fsp3) is 0.588. The molecule has 104 valence electrons. The van der Waals surface area contributed by atoms with Crippen LogP contribution in [0.15, 0.2) is 18.2 Å². The second-order valence-electron chi connectivity index (χ2n) is 7.10. The van der Waals surface area contributed by atoms with Crippen LogP contribution in [0.1, 0.15) is 59.6 Å². The molecular formula is C17H25NO. The summed E-state index contributed by atoms with van der Waals surface area (Å²) in [5.74, 6) is 0.814. The SMILES string of the molecule is CC(C#N)Oc1ccc(C(C)(C)C)cc1C(C)(C)C. The van der Waals surface area contributed by atoms with Gasteiger partial charge in [-0.15, -0.1) is 0 Å². The molecule has 0 N–H and O–H groups in total. The molecule has 19 heavy (non-hydrogen) atoms. The largest absolute Gasteiger partial charge is 0.476 e. The summed E-state index contributed by atoms with van der Waals surface area (Å²) in [6, 6.07) is 8.41. The smallest absolute Gasteiger partial charge is 0.181 e. The van der Waals surface area contributed by atoms with E-state index in [9.17, 15) is 0 Å². The van der Waals surface area contributed by atoms with Crippen LogP contribution in [0.3, 0.4) is 0 Å². The van der Waals surface area contributed by atoms with Crippen molar-refractivity contribution >= 4 is 0 Å². The zero-order valence-corrected chi connectivity index (χ0v) is 13.2. The molecule has 1 rings (SSSR count). The topological polar surface area (TPSA) is 33.0 Å². The van der Waals surface area contributed by atoms with Crippen molar-refractivity contribution < 1.29 is 4.74 Å². The van der Waals surface area contributed by atoms with Crippen molar-refractivity contribution in [3.8, 4) is 11.8 Å². The van der Waals surface area contributed by atoms with Gasteiger partial charge in [0.2, 0.25) is 0 Å². The van der Waals surface area contributed by atoms with Crippen molar-refractivity contribution in [1.29, 1.82) is 5.26 Å². The minimum atomic E-state index is -0.429. The molecule has 1 aromatic carbocycles. The average molecular weight is 259 g/mol. The van der Waals surface area contributed by atoms with Crippen LogP contribution < -0.4 is 4.74 Å². The summed E-state index contributed by atoms with van der Waals surface area (Å²) in [5, 5.41) is 8.90. The highest BCUT2D eigenvalue weighted by atomic mass is 16.5. The Balaban J connectivity index is 3.30. The number of ether oxygens (including phenoxy) is 1. The van der Waals surface area contributed by atoms with Crippen LogP contribution in [0.5, 0.6) is 5.75 Å². The summed E-state index contributed by atoms with van der Waals surface area (Å²) in [6.45, 7) is 14.9. The standard InChI is InChI=1S/C17H25NO/c1-12(11-18)19-15-9-8-13(16(2,3)4)10-14(15)17(5,6)7/h8-10,12H,1-7H3. The van der Waals surface area contributed by atoms with Crippen molar-refractivity contribution in [2.45, 2.75) is 65.4 Å². The molecule has 0 bridgehead atoms. The average Bonchev–Trinajstić information content (AvgIpc) is 2.26. The summed E-state index contributed by atoms with van der Waals surface area (Å²) in [4.78, 5) is 0. The molecule has 2 nitrogen and oxygen atoms in total. The van der Waals surface area contributed by atoms with E-state index in [1.54, 1.807) is 6.92 Å². The molecule has 0 saturated carbocycles. The van der Waals surface area contributed by atoms with Crippen molar-refractivity contribution in [1.82, 2.24) is 0 Å². The van der Waals surface area contributed by atoms with Crippen LogP contribution in [0.4, 0.5) is 0 Å². The third kappa shape index (κ3) is 3.99. The molecule has 0 heterocycles. The molecule has 0 aliphatic carbocycles. The van der Waals surface area contributed by atoms with E-state index in [-0.39, 0.29) is 10.8 Å². The highest BCUT2D eigenvalue weighted by Crippen LogP contribution is 2.35. The van der Waals surface area contributed by atoms with Crippen LogP contribution in [-0.2, 0) is 10.8 Å². The van der Waals surface area contributed by atoms with E-state index >= 15 is 0 Å². The molecule has 0 radical (unpaired) electrons. The molecule has 1 aromatic rings. The summed E-state index contributed by atoms with van der Waals surface area (Å²) in [6.07, 6.45) is -0.429. The van der Waals surface area contributed by atoms with Crippen molar-refractivity contribution in [2.24, 2.45) is 0 Å². The van der Waals surface area contributed by atoms with Crippen molar-refractivity contribution in [3.63, 3.8) is 0 Å². The molecule has 0 saturated heterocycles. The summed E-state index contributed by atoms with van der Waals surface area (Å²) >= 11 is 0. The summed E-state index contributed by atoms with van der Waals surface area (Å²) in [7, 11) is 0. The third-order valence-electron chi connectivity index (χ3n) is 3.14. The molecule has 0 spiro atoms. The number of nitriles is 1. The molecule has 1 unspecified atom stereocenters. The monoisotopic (exact) mass is 259 g/mol. The van der Waals surface area contributed by atoms with Gasteiger partial charge in [0, 0.05) is 0 Å². The molecule has 2 heteroatoms. The quantitative estimate of drug-likeness (QED) is 0.779. The second kappa shape index (κ2) is 5.25. The zero-order valence-electron chi connectivity index (χ0n) is 13.2. The van der Waals surface area contributed by atoms with Gasteiger partial charge in [-0.25, -0.2) is 0 Å². The van der Waals surface area contributed by atoms with Crippen LogP contribution in [0, 0.1) is 11.3 Å². The predicted molar refractivity (Wildman–Crippen MR) is 79.5 cm³/mol. The zero-order chi connectivity index (χ0) is 14.8. The molecule has 0 aliphatic heterocycles. The maximum absolute atomic E-state index is 8.90. The first kappa shape index (κ1) is 15.6. The first-order valence-corrected chi connectivity index (χ1v) is 6.77. The lowest BCUT2D eigenvalue weighted by molar-refractivity contribution is 0.269. The predicted octanol–water partition coefficient (Wildman–Crippen LogP) is 4.57. The number of hydrogen-bond donors (Lipinski definition) is 0. The van der Waals surface area contributed by atoms with Crippen LogP contribution in [0.25, 0.3) is 0 Å². The lowest BCUT2D eigenvalue weighted by Gasteiger charge is -2.27. The minimum absolute atomic E-state index is 0.00817. The van der Waals surface area contributed by atoms with Gasteiger partial charge in [-0.1, -0.05) is 53.7 Å². The summed E-state index contributed by atoms with van der Waals surface area (Å²) < 4.78 is 5.73. The van der Waals surface area contributed by atoms with E-state index < -0.39 is 6.10 Å². The lowest BCUT2D eigenvalue weighted by atomic mass is 9.80. The Labute approximate surface area is 117 Å². The number of rotatable bonds is 2. The maximum atomic E-state index is 8.90. The number of nitrogens with zero attached hydrogens (tertiary/aromatic N) is 1. The molecule has 0 aliphatic rings. The van der Waals surface area contributed by atoms with Crippen molar-refractivity contribution in [3.05, 3.63) is 29.3 Å². The Morgan fingerprint density at radius 1 is 1.05 bits per heavy atom. The highest BCUT2D eigenvalue weighted by molar-refractivity contribution is 5.43. The van der Waals surface area contributed by atoms with Gasteiger partial charge >= 0.3 is 0 Å². The van der Waals surface area contributed by atoms with E-state index in [4.69, 9.17) is 10.00 Å². The van der Waals surface area contributed by atoms with Gasteiger partial charge < -0.3 is 4.74 Å². The van der Waals surface area contributed by atoms with Crippen LogP contribution >= 0.6 is 0 Å².